The van der Waals surface area contributed by atoms with Gasteiger partial charge in [-0.2, -0.15) is 0 Å². The smallest absolute Gasteiger partial charge is 0.209 e. The third-order valence-electron chi connectivity index (χ3n) is 2.11. The zero-order chi connectivity index (χ0) is 12.8. The molecule has 1 aromatic carbocycles. The fraction of sp³-hybridized carbons (Fsp3) is 0.417. The van der Waals surface area contributed by atoms with Crippen molar-refractivity contribution in [3.05, 3.63) is 29.6 Å². The average Bonchev–Trinajstić information content (AvgIpc) is 2.31. The van der Waals surface area contributed by atoms with Crippen LogP contribution in [0.15, 0.2) is 18.2 Å². The summed E-state index contributed by atoms with van der Waals surface area (Å²) >= 11 is 0. The van der Waals surface area contributed by atoms with Gasteiger partial charge in [-0.15, -0.1) is 0 Å². The van der Waals surface area contributed by atoms with E-state index in [4.69, 9.17) is 15.2 Å². The number of rotatable bonds is 6. The lowest BCUT2D eigenvalue weighted by molar-refractivity contribution is 0.0476. The largest absolute Gasteiger partial charge is 0.493 e. The Morgan fingerprint density at radius 3 is 2.71 bits per heavy atom. The molecule has 0 fully saturated rings. The van der Waals surface area contributed by atoms with E-state index >= 15 is 0 Å². The number of ether oxygens (including phenoxy) is 2. The minimum atomic E-state index is -1.10. The number of nitrogens with two attached hydrogens (primary N) is 1. The van der Waals surface area contributed by atoms with Gasteiger partial charge in [-0.25, -0.2) is 4.39 Å². The Kier molecular flexibility index (Phi) is 5.06. The van der Waals surface area contributed by atoms with Crippen LogP contribution < -0.4 is 10.5 Å². The van der Waals surface area contributed by atoms with Crippen molar-refractivity contribution in [1.82, 2.24) is 0 Å². The van der Waals surface area contributed by atoms with E-state index in [2.05, 4.69) is 0 Å². The van der Waals surface area contributed by atoms with Crippen molar-refractivity contribution in [2.24, 2.45) is 5.73 Å². The Bertz CT molecular complexity index is 395. The third-order valence-corrected chi connectivity index (χ3v) is 2.11. The standard InChI is InChI=1S/C12H16FNO3/c1-3-16-10-6-5-8(13)7-9(10)11(15)12(14)17-4-2/h5-7,12H,3-4,14H2,1-2H3. The Labute approximate surface area is 99.5 Å². The molecule has 0 aliphatic carbocycles. The van der Waals surface area contributed by atoms with Crippen LogP contribution in [0.25, 0.3) is 0 Å². The summed E-state index contributed by atoms with van der Waals surface area (Å²) in [6.45, 7) is 4.20. The first-order chi connectivity index (χ1) is 8.10. The van der Waals surface area contributed by atoms with Crippen molar-refractivity contribution in [3.63, 3.8) is 0 Å². The second-order valence-electron chi connectivity index (χ2n) is 3.31. The van der Waals surface area contributed by atoms with Gasteiger partial charge in [-0.1, -0.05) is 0 Å². The topological polar surface area (TPSA) is 61.5 Å². The van der Waals surface area contributed by atoms with Gasteiger partial charge in [0, 0.05) is 6.61 Å². The normalized spacial score (nSPS) is 12.2. The number of hydrogen-bond donors (Lipinski definition) is 1. The van der Waals surface area contributed by atoms with Crippen LogP contribution in [0.3, 0.4) is 0 Å². The average molecular weight is 241 g/mol. The molecular formula is C12H16FNO3. The predicted octanol–water partition coefficient (Wildman–Crippen LogP) is 1.73. The third kappa shape index (κ3) is 3.51. The maximum Gasteiger partial charge on any atom is 0.209 e. The highest BCUT2D eigenvalue weighted by molar-refractivity contribution is 6.01. The molecule has 0 radical (unpaired) electrons. The van der Waals surface area contributed by atoms with E-state index in [1.807, 2.05) is 0 Å². The fourth-order valence-electron chi connectivity index (χ4n) is 1.38. The van der Waals surface area contributed by atoms with E-state index in [0.717, 1.165) is 6.07 Å². The summed E-state index contributed by atoms with van der Waals surface area (Å²) < 4.78 is 23.3. The molecule has 1 aromatic rings. The van der Waals surface area contributed by atoms with Crippen molar-refractivity contribution in [2.75, 3.05) is 13.2 Å². The number of halogens is 1. The molecule has 0 aromatic heterocycles. The first-order valence-electron chi connectivity index (χ1n) is 5.43. The molecule has 0 saturated carbocycles. The fourth-order valence-corrected chi connectivity index (χ4v) is 1.38. The molecule has 0 aliphatic rings. The molecule has 0 aliphatic heterocycles. The van der Waals surface area contributed by atoms with Gasteiger partial charge < -0.3 is 9.47 Å². The van der Waals surface area contributed by atoms with Gasteiger partial charge in [0.2, 0.25) is 5.78 Å². The minimum absolute atomic E-state index is 0.104. The summed E-state index contributed by atoms with van der Waals surface area (Å²) in [5.74, 6) is -0.690. The number of carbonyl (C=O) groups is 1. The highest BCUT2D eigenvalue weighted by Gasteiger charge is 2.20. The van der Waals surface area contributed by atoms with Gasteiger partial charge in [0.05, 0.1) is 12.2 Å². The van der Waals surface area contributed by atoms with Crippen LogP contribution >= 0.6 is 0 Å². The monoisotopic (exact) mass is 241 g/mol. The minimum Gasteiger partial charge on any atom is -0.493 e. The zero-order valence-electron chi connectivity index (χ0n) is 9.90. The zero-order valence-corrected chi connectivity index (χ0v) is 9.90. The van der Waals surface area contributed by atoms with Crippen LogP contribution in [0.1, 0.15) is 24.2 Å². The van der Waals surface area contributed by atoms with Gasteiger partial charge >= 0.3 is 0 Å². The second kappa shape index (κ2) is 6.32. The molecule has 1 rings (SSSR count). The first-order valence-corrected chi connectivity index (χ1v) is 5.43. The van der Waals surface area contributed by atoms with Crippen molar-refractivity contribution in [3.8, 4) is 5.75 Å². The van der Waals surface area contributed by atoms with Crippen molar-refractivity contribution >= 4 is 5.78 Å². The number of ketones is 1. The van der Waals surface area contributed by atoms with Gasteiger partial charge in [-0.3, -0.25) is 10.5 Å². The SMILES string of the molecule is CCOc1ccc(F)cc1C(=O)C(N)OCC. The maximum atomic E-state index is 13.1. The lowest BCUT2D eigenvalue weighted by atomic mass is 10.1. The van der Waals surface area contributed by atoms with Crippen molar-refractivity contribution in [2.45, 2.75) is 20.1 Å². The van der Waals surface area contributed by atoms with E-state index in [1.54, 1.807) is 13.8 Å². The Balaban J connectivity index is 3.01. The quantitative estimate of drug-likeness (QED) is 0.608. The predicted molar refractivity (Wildman–Crippen MR) is 61.5 cm³/mol. The summed E-state index contributed by atoms with van der Waals surface area (Å²) in [6, 6.07) is 3.74. The van der Waals surface area contributed by atoms with Crippen LogP contribution in [0.4, 0.5) is 4.39 Å². The summed E-state index contributed by atoms with van der Waals surface area (Å²) in [4.78, 5) is 11.9. The molecule has 0 bridgehead atoms. The number of Topliss-reactive ketones (excluding diaryl/α,β-unsaturated/α-hetero) is 1. The molecule has 4 nitrogen and oxygen atoms in total. The number of carbonyl (C=O) groups excluding carboxylic acids is 1. The molecule has 0 saturated heterocycles. The lowest BCUT2D eigenvalue weighted by Gasteiger charge is -2.13. The Morgan fingerprint density at radius 2 is 2.12 bits per heavy atom. The van der Waals surface area contributed by atoms with Gasteiger partial charge in [0.15, 0.2) is 6.23 Å². The van der Waals surface area contributed by atoms with E-state index < -0.39 is 17.8 Å². The number of benzene rings is 1. The van der Waals surface area contributed by atoms with Crippen LogP contribution in [0.5, 0.6) is 5.75 Å². The van der Waals surface area contributed by atoms with E-state index in [1.165, 1.54) is 12.1 Å². The van der Waals surface area contributed by atoms with Crippen molar-refractivity contribution in [1.29, 1.82) is 0 Å². The Hall–Kier alpha value is -1.46. The van der Waals surface area contributed by atoms with E-state index in [9.17, 15) is 9.18 Å². The van der Waals surface area contributed by atoms with Gasteiger partial charge in [-0.05, 0) is 32.0 Å². The molecule has 0 spiro atoms. The molecule has 94 valence electrons. The van der Waals surface area contributed by atoms with Gasteiger partial charge in [0.1, 0.15) is 11.6 Å². The molecule has 5 heteroatoms. The first kappa shape index (κ1) is 13.6. The van der Waals surface area contributed by atoms with Crippen LogP contribution in [0.2, 0.25) is 0 Å². The van der Waals surface area contributed by atoms with Crippen LogP contribution in [-0.2, 0) is 4.74 Å². The maximum absolute atomic E-state index is 13.1. The molecular weight excluding hydrogens is 225 g/mol. The van der Waals surface area contributed by atoms with E-state index in [-0.39, 0.29) is 5.56 Å². The highest BCUT2D eigenvalue weighted by atomic mass is 19.1. The van der Waals surface area contributed by atoms with Gasteiger partial charge in [0.25, 0.3) is 0 Å². The molecule has 1 atom stereocenters. The molecule has 1 unspecified atom stereocenters. The van der Waals surface area contributed by atoms with Crippen LogP contribution in [0, 0.1) is 5.82 Å². The lowest BCUT2D eigenvalue weighted by Crippen LogP contribution is -2.33. The number of hydrogen-bond acceptors (Lipinski definition) is 4. The Morgan fingerprint density at radius 1 is 1.41 bits per heavy atom. The molecule has 17 heavy (non-hydrogen) atoms. The van der Waals surface area contributed by atoms with Crippen molar-refractivity contribution < 1.29 is 18.7 Å². The summed E-state index contributed by atoms with van der Waals surface area (Å²) in [6.07, 6.45) is -1.10. The van der Waals surface area contributed by atoms with Crippen LogP contribution in [-0.4, -0.2) is 25.2 Å². The summed E-state index contributed by atoms with van der Waals surface area (Å²) in [7, 11) is 0. The second-order valence-corrected chi connectivity index (χ2v) is 3.31. The highest BCUT2D eigenvalue weighted by Crippen LogP contribution is 2.21. The summed E-state index contributed by atoms with van der Waals surface area (Å²) in [5, 5.41) is 0. The van der Waals surface area contributed by atoms with E-state index in [0.29, 0.717) is 19.0 Å². The summed E-state index contributed by atoms with van der Waals surface area (Å²) in [5.41, 5.74) is 5.63. The molecule has 2 N–H and O–H groups in total. The molecule has 0 heterocycles. The molecule has 0 amide bonds.